The van der Waals surface area contributed by atoms with Crippen molar-refractivity contribution in [3.05, 3.63) is 69.7 Å². The second-order valence-electron chi connectivity index (χ2n) is 5.33. The van der Waals surface area contributed by atoms with E-state index in [1.54, 1.807) is 0 Å². The molecule has 0 aromatic heterocycles. The summed E-state index contributed by atoms with van der Waals surface area (Å²) in [5, 5.41) is 7.91. The number of quaternary nitrogens is 1. The Hall–Kier alpha value is -1.55. The quantitative estimate of drug-likeness (QED) is 0.894. The van der Waals surface area contributed by atoms with Crippen molar-refractivity contribution in [2.24, 2.45) is 5.16 Å². The summed E-state index contributed by atoms with van der Waals surface area (Å²) in [4.78, 5) is 5.51. The van der Waals surface area contributed by atoms with Crippen LogP contribution in [0.1, 0.15) is 17.5 Å². The average Bonchev–Trinajstić information content (AvgIpc) is 2.97. The van der Waals surface area contributed by atoms with E-state index in [-0.39, 0.29) is 6.10 Å². The van der Waals surface area contributed by atoms with Gasteiger partial charge in [-0.3, -0.25) is 0 Å². The predicted molar refractivity (Wildman–Crippen MR) is 89.4 cm³/mol. The molecule has 0 saturated carbocycles. The molecule has 0 aliphatic carbocycles. The van der Waals surface area contributed by atoms with Crippen LogP contribution in [-0.2, 0) is 11.4 Å². The van der Waals surface area contributed by atoms with Crippen molar-refractivity contribution in [2.45, 2.75) is 19.1 Å². The van der Waals surface area contributed by atoms with Crippen LogP contribution in [0.2, 0.25) is 10.0 Å². The van der Waals surface area contributed by atoms with E-state index < -0.39 is 0 Å². The summed E-state index contributed by atoms with van der Waals surface area (Å²) in [7, 11) is 0. The first-order valence-electron chi connectivity index (χ1n) is 7.25. The molecule has 0 spiro atoms. The third kappa shape index (κ3) is 4.01. The highest BCUT2D eigenvalue weighted by Crippen LogP contribution is 2.17. The van der Waals surface area contributed by atoms with Crippen molar-refractivity contribution in [3.8, 4) is 0 Å². The van der Waals surface area contributed by atoms with E-state index in [2.05, 4.69) is 16.5 Å². The summed E-state index contributed by atoms with van der Waals surface area (Å²) in [6.07, 6.45) is 0.943. The fourth-order valence-electron chi connectivity index (χ4n) is 2.47. The Kier molecular flexibility index (Phi) is 4.98. The van der Waals surface area contributed by atoms with Gasteiger partial charge in [-0.25, -0.2) is 0 Å². The monoisotopic (exact) mass is 335 g/mol. The van der Waals surface area contributed by atoms with E-state index in [1.165, 1.54) is 5.56 Å². The van der Waals surface area contributed by atoms with Crippen LogP contribution in [0, 0.1) is 0 Å². The lowest BCUT2D eigenvalue weighted by Gasteiger charge is -2.07. The van der Waals surface area contributed by atoms with Gasteiger partial charge in [0.1, 0.15) is 13.1 Å². The predicted octanol–water partition coefficient (Wildman–Crippen LogP) is 3.25. The van der Waals surface area contributed by atoms with Crippen molar-refractivity contribution in [2.75, 3.05) is 6.54 Å². The Morgan fingerprint density at radius 3 is 2.68 bits per heavy atom. The van der Waals surface area contributed by atoms with Gasteiger partial charge >= 0.3 is 0 Å². The zero-order valence-electron chi connectivity index (χ0n) is 12.0. The van der Waals surface area contributed by atoms with Crippen LogP contribution < -0.4 is 5.32 Å². The number of nitrogens with zero attached hydrogens (tertiary/aromatic N) is 1. The topological polar surface area (TPSA) is 38.2 Å². The van der Waals surface area contributed by atoms with Crippen molar-refractivity contribution < 1.29 is 10.2 Å². The second-order valence-corrected chi connectivity index (χ2v) is 6.21. The van der Waals surface area contributed by atoms with E-state index in [0.717, 1.165) is 40.8 Å². The van der Waals surface area contributed by atoms with Crippen molar-refractivity contribution in [1.29, 1.82) is 0 Å². The van der Waals surface area contributed by atoms with Gasteiger partial charge in [-0.2, -0.15) is 0 Å². The minimum Gasteiger partial charge on any atom is -0.386 e. The Bertz CT molecular complexity index is 671. The summed E-state index contributed by atoms with van der Waals surface area (Å²) >= 11 is 11.9. The highest BCUT2D eigenvalue weighted by molar-refractivity contribution is 6.30. The van der Waals surface area contributed by atoms with Crippen LogP contribution in [0.4, 0.5) is 0 Å². The van der Waals surface area contributed by atoms with E-state index >= 15 is 0 Å². The van der Waals surface area contributed by atoms with Crippen LogP contribution in [0.3, 0.4) is 0 Å². The molecule has 1 aliphatic heterocycles. The number of hydrogen-bond donors (Lipinski definition) is 1. The summed E-state index contributed by atoms with van der Waals surface area (Å²) in [6.45, 7) is 1.75. The SMILES string of the molecule is Clc1ccc(C2=NO[C@@H](C[NH2+]Cc3cccc(Cl)c3)C2)cc1. The molecule has 0 bridgehead atoms. The van der Waals surface area contributed by atoms with Gasteiger partial charge in [0.25, 0.3) is 0 Å². The number of benzene rings is 2. The number of halogens is 2. The summed E-state index contributed by atoms with van der Waals surface area (Å²) in [5.74, 6) is 0. The number of hydrogen-bond acceptors (Lipinski definition) is 2. The van der Waals surface area contributed by atoms with Gasteiger partial charge in [-0.15, -0.1) is 0 Å². The molecule has 2 aromatic rings. The lowest BCUT2D eigenvalue weighted by molar-refractivity contribution is -0.676. The van der Waals surface area contributed by atoms with Gasteiger partial charge in [-0.05, 0) is 29.8 Å². The molecule has 1 atom stereocenters. The van der Waals surface area contributed by atoms with Gasteiger partial charge < -0.3 is 10.2 Å². The molecule has 0 fully saturated rings. The van der Waals surface area contributed by atoms with Gasteiger partial charge in [-0.1, -0.05) is 52.6 Å². The minimum absolute atomic E-state index is 0.116. The molecule has 5 heteroatoms. The van der Waals surface area contributed by atoms with E-state index in [0.29, 0.717) is 0 Å². The lowest BCUT2D eigenvalue weighted by atomic mass is 10.1. The van der Waals surface area contributed by atoms with Gasteiger partial charge in [0, 0.05) is 22.0 Å². The molecular weight excluding hydrogens is 319 g/mol. The summed E-state index contributed by atoms with van der Waals surface area (Å²) in [5.41, 5.74) is 3.27. The first kappa shape index (κ1) is 15.3. The Labute approximate surface area is 139 Å². The van der Waals surface area contributed by atoms with Crippen LogP contribution in [0.25, 0.3) is 0 Å². The number of nitrogens with two attached hydrogens (primary N) is 1. The van der Waals surface area contributed by atoms with Crippen molar-refractivity contribution in [1.82, 2.24) is 0 Å². The number of oxime groups is 1. The van der Waals surface area contributed by atoms with Crippen molar-refractivity contribution >= 4 is 28.9 Å². The molecule has 3 nitrogen and oxygen atoms in total. The fourth-order valence-corrected chi connectivity index (χ4v) is 2.81. The minimum atomic E-state index is 0.116. The van der Waals surface area contributed by atoms with E-state index in [9.17, 15) is 0 Å². The molecule has 0 saturated heterocycles. The van der Waals surface area contributed by atoms with Gasteiger partial charge in [0.2, 0.25) is 0 Å². The maximum atomic E-state index is 5.98. The standard InChI is InChI=1S/C17H16Cl2N2O/c18-14-6-4-13(5-7-14)17-9-16(22-21-17)11-20-10-12-2-1-3-15(19)8-12/h1-8,16,20H,9-11H2/p+1/t16-/m1/s1. The molecule has 0 radical (unpaired) electrons. The molecule has 2 aromatic carbocycles. The average molecular weight is 336 g/mol. The highest BCUT2D eigenvalue weighted by Gasteiger charge is 2.23. The first-order valence-corrected chi connectivity index (χ1v) is 8.01. The van der Waals surface area contributed by atoms with Gasteiger partial charge in [0.15, 0.2) is 6.10 Å². The zero-order chi connectivity index (χ0) is 15.4. The molecule has 2 N–H and O–H groups in total. The fraction of sp³-hybridized carbons (Fsp3) is 0.235. The molecule has 1 aliphatic rings. The molecule has 0 unspecified atom stereocenters. The van der Waals surface area contributed by atoms with Crippen molar-refractivity contribution in [3.63, 3.8) is 0 Å². The third-order valence-electron chi connectivity index (χ3n) is 3.61. The van der Waals surface area contributed by atoms with Crippen LogP contribution in [0.5, 0.6) is 0 Å². The normalized spacial score (nSPS) is 17.2. The van der Waals surface area contributed by atoms with Crippen LogP contribution in [-0.4, -0.2) is 18.4 Å². The largest absolute Gasteiger partial charge is 0.386 e. The maximum Gasteiger partial charge on any atom is 0.181 e. The third-order valence-corrected chi connectivity index (χ3v) is 4.10. The number of rotatable bonds is 5. The Morgan fingerprint density at radius 2 is 1.91 bits per heavy atom. The molecule has 1 heterocycles. The first-order chi connectivity index (χ1) is 10.7. The molecule has 114 valence electrons. The summed E-state index contributed by atoms with van der Waals surface area (Å²) < 4.78 is 0. The molecule has 3 rings (SSSR count). The smallest absolute Gasteiger partial charge is 0.181 e. The Morgan fingerprint density at radius 1 is 1.09 bits per heavy atom. The van der Waals surface area contributed by atoms with Crippen LogP contribution >= 0.6 is 23.2 Å². The molecule has 22 heavy (non-hydrogen) atoms. The molecule has 0 amide bonds. The zero-order valence-corrected chi connectivity index (χ0v) is 13.5. The van der Waals surface area contributed by atoms with Crippen LogP contribution in [0.15, 0.2) is 53.7 Å². The lowest BCUT2D eigenvalue weighted by Crippen LogP contribution is -2.84. The highest BCUT2D eigenvalue weighted by atomic mass is 35.5. The Balaban J connectivity index is 1.47. The van der Waals surface area contributed by atoms with Gasteiger partial charge in [0.05, 0.1) is 5.71 Å². The maximum absolute atomic E-state index is 5.98. The molecular formula is C17H17Cl2N2O+. The summed E-state index contributed by atoms with van der Waals surface area (Å²) in [6, 6.07) is 15.6. The van der Waals surface area contributed by atoms with E-state index in [1.807, 2.05) is 42.5 Å². The second kappa shape index (κ2) is 7.14. The van der Waals surface area contributed by atoms with E-state index in [4.69, 9.17) is 28.0 Å².